The number of pyridine rings is 1. The maximum Gasteiger partial charge on any atom is 0.363 e. The van der Waals surface area contributed by atoms with E-state index >= 15 is 0 Å². The Kier molecular flexibility index (Phi) is 4.60. The van der Waals surface area contributed by atoms with Crippen molar-refractivity contribution in [1.29, 1.82) is 0 Å². The van der Waals surface area contributed by atoms with E-state index in [1.807, 2.05) is 0 Å². The summed E-state index contributed by atoms with van der Waals surface area (Å²) >= 11 is 0. The van der Waals surface area contributed by atoms with Crippen LogP contribution >= 0.6 is 12.4 Å². The third-order valence-corrected chi connectivity index (χ3v) is 2.72. The number of hydrogen-bond acceptors (Lipinski definition) is 4. The second-order valence-corrected chi connectivity index (χ2v) is 3.90. The van der Waals surface area contributed by atoms with Crippen LogP contribution in [0.15, 0.2) is 24.4 Å². The van der Waals surface area contributed by atoms with Gasteiger partial charge in [0.25, 0.3) is 0 Å². The van der Waals surface area contributed by atoms with Gasteiger partial charge in [-0.2, -0.15) is 0 Å². The zero-order valence-corrected chi connectivity index (χ0v) is 10.3. The molecule has 0 amide bonds. The summed E-state index contributed by atoms with van der Waals surface area (Å²) in [6.07, 6.45) is 4.69. The van der Waals surface area contributed by atoms with Gasteiger partial charge in [0.1, 0.15) is 6.20 Å². The molecular formula is C11H14ClN3O2. The highest BCUT2D eigenvalue weighted by atomic mass is 35.5. The summed E-state index contributed by atoms with van der Waals surface area (Å²) in [6, 6.07) is 3.22. The molecular weight excluding hydrogens is 242 g/mol. The molecule has 0 unspecified atom stereocenters. The fourth-order valence-corrected chi connectivity index (χ4v) is 1.72. The lowest BCUT2D eigenvalue weighted by Crippen LogP contribution is -2.23. The Bertz CT molecular complexity index is 431. The van der Waals surface area contributed by atoms with Gasteiger partial charge in [-0.3, -0.25) is 0 Å². The number of nitrogens with zero attached hydrogens (tertiary/aromatic N) is 3. The molecule has 6 heteroatoms. The van der Waals surface area contributed by atoms with Crippen molar-refractivity contribution in [3.63, 3.8) is 0 Å². The summed E-state index contributed by atoms with van der Waals surface area (Å²) in [5.74, 6) is -0.0997. The molecule has 1 aliphatic heterocycles. The Morgan fingerprint density at radius 1 is 1.47 bits per heavy atom. The summed E-state index contributed by atoms with van der Waals surface area (Å²) in [7, 11) is 2.07. The fourth-order valence-electron chi connectivity index (χ4n) is 1.72. The monoisotopic (exact) mass is 255 g/mol. The van der Waals surface area contributed by atoms with Gasteiger partial charge >= 0.3 is 5.82 Å². The molecule has 1 aromatic heterocycles. The predicted molar refractivity (Wildman–Crippen MR) is 68.2 cm³/mol. The van der Waals surface area contributed by atoms with Crippen LogP contribution in [0.4, 0.5) is 5.82 Å². The van der Waals surface area contributed by atoms with E-state index in [1.165, 1.54) is 11.6 Å². The van der Waals surface area contributed by atoms with Crippen molar-refractivity contribution in [3.05, 3.63) is 40.1 Å². The van der Waals surface area contributed by atoms with Crippen LogP contribution in [0.25, 0.3) is 5.57 Å². The molecule has 0 bridgehead atoms. The number of likely N-dealkylation sites (N-methyl/N-ethyl adjacent to an activating group) is 1. The van der Waals surface area contributed by atoms with E-state index in [0.717, 1.165) is 25.1 Å². The Morgan fingerprint density at radius 2 is 2.24 bits per heavy atom. The van der Waals surface area contributed by atoms with E-state index < -0.39 is 4.92 Å². The summed E-state index contributed by atoms with van der Waals surface area (Å²) in [4.78, 5) is 16.0. The van der Waals surface area contributed by atoms with Crippen LogP contribution < -0.4 is 0 Å². The number of rotatable bonds is 2. The van der Waals surface area contributed by atoms with Crippen molar-refractivity contribution in [2.75, 3.05) is 20.1 Å². The van der Waals surface area contributed by atoms with E-state index in [2.05, 4.69) is 23.0 Å². The topological polar surface area (TPSA) is 59.3 Å². The maximum atomic E-state index is 10.5. The predicted octanol–water partition coefficient (Wildman–Crippen LogP) is 2.13. The molecule has 1 aliphatic rings. The first-order valence-corrected chi connectivity index (χ1v) is 5.15. The van der Waals surface area contributed by atoms with Gasteiger partial charge < -0.3 is 15.0 Å². The molecule has 1 aromatic rings. The second kappa shape index (κ2) is 5.75. The fraction of sp³-hybridized carbons (Fsp3) is 0.364. The number of aromatic nitrogens is 1. The Hall–Kier alpha value is -1.46. The lowest BCUT2D eigenvalue weighted by Gasteiger charge is -2.21. The molecule has 0 spiro atoms. The van der Waals surface area contributed by atoms with Crippen molar-refractivity contribution in [3.8, 4) is 0 Å². The van der Waals surface area contributed by atoms with Gasteiger partial charge in [-0.15, -0.1) is 12.4 Å². The van der Waals surface area contributed by atoms with Gasteiger partial charge in [0, 0.05) is 24.7 Å². The summed E-state index contributed by atoms with van der Waals surface area (Å²) in [5, 5.41) is 10.5. The van der Waals surface area contributed by atoms with E-state index in [9.17, 15) is 10.1 Å². The molecule has 2 rings (SSSR count). The number of hydrogen-bond donors (Lipinski definition) is 0. The molecule has 0 radical (unpaired) electrons. The molecule has 0 N–H and O–H groups in total. The SMILES string of the molecule is CN1CC=C(c2ccc([N+](=O)[O-])nc2)CC1.Cl. The minimum Gasteiger partial charge on any atom is -0.358 e. The lowest BCUT2D eigenvalue weighted by molar-refractivity contribution is -0.389. The smallest absolute Gasteiger partial charge is 0.358 e. The molecule has 0 saturated heterocycles. The number of nitro groups is 1. The molecule has 5 nitrogen and oxygen atoms in total. The van der Waals surface area contributed by atoms with Crippen molar-refractivity contribution in [2.45, 2.75) is 6.42 Å². The summed E-state index contributed by atoms with van der Waals surface area (Å²) in [5.41, 5.74) is 2.21. The van der Waals surface area contributed by atoms with E-state index in [4.69, 9.17) is 0 Å². The first-order valence-electron chi connectivity index (χ1n) is 5.15. The Labute approximate surface area is 106 Å². The lowest BCUT2D eigenvalue weighted by atomic mass is 10.0. The van der Waals surface area contributed by atoms with Crippen molar-refractivity contribution in [2.24, 2.45) is 0 Å². The van der Waals surface area contributed by atoms with Crippen molar-refractivity contribution < 1.29 is 4.92 Å². The molecule has 0 aromatic carbocycles. The van der Waals surface area contributed by atoms with Gasteiger partial charge in [-0.25, -0.2) is 0 Å². The minimum absolute atomic E-state index is 0. The van der Waals surface area contributed by atoms with Crippen LogP contribution in [0.2, 0.25) is 0 Å². The highest BCUT2D eigenvalue weighted by Crippen LogP contribution is 2.22. The molecule has 92 valence electrons. The molecule has 0 fully saturated rings. The molecule has 0 aliphatic carbocycles. The van der Waals surface area contributed by atoms with E-state index in [-0.39, 0.29) is 18.2 Å². The van der Waals surface area contributed by atoms with E-state index in [0.29, 0.717) is 0 Å². The average molecular weight is 256 g/mol. The first-order chi connectivity index (χ1) is 7.66. The zero-order chi connectivity index (χ0) is 11.5. The highest BCUT2D eigenvalue weighted by molar-refractivity contribution is 5.85. The van der Waals surface area contributed by atoms with Crippen molar-refractivity contribution >= 4 is 23.8 Å². The van der Waals surface area contributed by atoms with Gasteiger partial charge in [-0.05, 0) is 35.0 Å². The normalized spacial score (nSPS) is 15.9. The average Bonchev–Trinajstić information content (AvgIpc) is 2.30. The Balaban J connectivity index is 0.00000144. The van der Waals surface area contributed by atoms with Crippen molar-refractivity contribution in [1.82, 2.24) is 9.88 Å². The quantitative estimate of drug-likeness (QED) is 0.600. The molecule has 2 heterocycles. The van der Waals surface area contributed by atoms with Crippen LogP contribution in [-0.2, 0) is 0 Å². The molecule has 0 atom stereocenters. The number of halogens is 1. The van der Waals surface area contributed by atoms with Gasteiger partial charge in [0.2, 0.25) is 0 Å². The van der Waals surface area contributed by atoms with Crippen LogP contribution in [-0.4, -0.2) is 34.9 Å². The van der Waals surface area contributed by atoms with Crippen LogP contribution in [0.3, 0.4) is 0 Å². The van der Waals surface area contributed by atoms with Gasteiger partial charge in [-0.1, -0.05) is 6.08 Å². The largest absolute Gasteiger partial charge is 0.363 e. The van der Waals surface area contributed by atoms with E-state index in [1.54, 1.807) is 12.3 Å². The second-order valence-electron chi connectivity index (χ2n) is 3.90. The third-order valence-electron chi connectivity index (χ3n) is 2.72. The molecule has 17 heavy (non-hydrogen) atoms. The molecule has 0 saturated carbocycles. The third kappa shape index (κ3) is 3.25. The van der Waals surface area contributed by atoms with Crippen LogP contribution in [0.5, 0.6) is 0 Å². The highest BCUT2D eigenvalue weighted by Gasteiger charge is 2.12. The summed E-state index contributed by atoms with van der Waals surface area (Å²) in [6.45, 7) is 1.94. The standard InChI is InChI=1S/C11H13N3O2.ClH/c1-13-6-4-9(5-7-13)10-2-3-11(12-8-10)14(15)16;/h2-4,8H,5-7H2,1H3;1H. The zero-order valence-electron chi connectivity index (χ0n) is 9.50. The van der Waals surface area contributed by atoms with Crippen LogP contribution in [0.1, 0.15) is 12.0 Å². The maximum absolute atomic E-state index is 10.5. The minimum atomic E-state index is -0.479. The Morgan fingerprint density at radius 3 is 2.71 bits per heavy atom. The van der Waals surface area contributed by atoms with Gasteiger partial charge in [0.15, 0.2) is 0 Å². The van der Waals surface area contributed by atoms with Gasteiger partial charge in [0.05, 0.1) is 0 Å². The first kappa shape index (κ1) is 13.6. The van der Waals surface area contributed by atoms with Crippen LogP contribution in [0, 0.1) is 10.1 Å². The summed E-state index contributed by atoms with van der Waals surface area (Å²) < 4.78 is 0.